The molecular formula is C15H24N2O2. The quantitative estimate of drug-likeness (QED) is 0.741. The number of carbonyl (C=O) groups is 1. The van der Waals surface area contributed by atoms with E-state index < -0.39 is 5.97 Å². The molecule has 1 atom stereocenters. The number of nitrogens with zero attached hydrogens (tertiary/aromatic N) is 1. The van der Waals surface area contributed by atoms with Crippen LogP contribution in [0.3, 0.4) is 0 Å². The van der Waals surface area contributed by atoms with Crippen LogP contribution >= 0.6 is 0 Å². The van der Waals surface area contributed by atoms with Gasteiger partial charge in [0.15, 0.2) is 0 Å². The van der Waals surface area contributed by atoms with Gasteiger partial charge < -0.3 is 15.7 Å². The van der Waals surface area contributed by atoms with Gasteiger partial charge in [0.05, 0.1) is 5.56 Å². The molecule has 1 aromatic rings. The van der Waals surface area contributed by atoms with E-state index >= 15 is 0 Å². The van der Waals surface area contributed by atoms with Gasteiger partial charge in [-0.1, -0.05) is 20.3 Å². The highest BCUT2D eigenvalue weighted by Crippen LogP contribution is 2.24. The van der Waals surface area contributed by atoms with Crippen LogP contribution in [0, 0.1) is 0 Å². The van der Waals surface area contributed by atoms with E-state index in [0.29, 0.717) is 11.7 Å². The molecule has 106 valence electrons. The Hall–Kier alpha value is -1.71. The maximum absolute atomic E-state index is 11.2. The SMILES string of the molecule is CCCCN(c1ccc(N)c(C(=O)O)c1)C(C)CC. The van der Waals surface area contributed by atoms with Crippen molar-refractivity contribution >= 4 is 17.3 Å². The van der Waals surface area contributed by atoms with Crippen molar-refractivity contribution in [3.63, 3.8) is 0 Å². The largest absolute Gasteiger partial charge is 0.478 e. The normalized spacial score (nSPS) is 12.2. The lowest BCUT2D eigenvalue weighted by Gasteiger charge is -2.31. The van der Waals surface area contributed by atoms with Crippen LogP contribution < -0.4 is 10.6 Å². The van der Waals surface area contributed by atoms with Crippen molar-refractivity contribution in [2.24, 2.45) is 0 Å². The highest BCUT2D eigenvalue weighted by atomic mass is 16.4. The number of benzene rings is 1. The summed E-state index contributed by atoms with van der Waals surface area (Å²) in [6.07, 6.45) is 3.24. The standard InChI is InChI=1S/C15H24N2O2/c1-4-6-9-17(11(3)5-2)12-7-8-14(16)13(10-12)15(18)19/h7-8,10-11H,4-6,9,16H2,1-3H3,(H,18,19). The van der Waals surface area contributed by atoms with Crippen LogP contribution in [0.5, 0.6) is 0 Å². The van der Waals surface area contributed by atoms with E-state index in [0.717, 1.165) is 31.5 Å². The molecule has 4 nitrogen and oxygen atoms in total. The molecule has 0 saturated heterocycles. The van der Waals surface area contributed by atoms with E-state index in [9.17, 15) is 4.79 Å². The minimum Gasteiger partial charge on any atom is -0.478 e. The summed E-state index contributed by atoms with van der Waals surface area (Å²) < 4.78 is 0. The van der Waals surface area contributed by atoms with Crippen molar-refractivity contribution in [2.45, 2.75) is 46.1 Å². The van der Waals surface area contributed by atoms with Crippen LogP contribution in [0.25, 0.3) is 0 Å². The Morgan fingerprint density at radius 2 is 2.11 bits per heavy atom. The smallest absolute Gasteiger partial charge is 0.337 e. The molecule has 0 fully saturated rings. The molecule has 4 heteroatoms. The van der Waals surface area contributed by atoms with Crippen LogP contribution in [0.1, 0.15) is 50.4 Å². The van der Waals surface area contributed by atoms with Crippen molar-refractivity contribution in [1.29, 1.82) is 0 Å². The Labute approximate surface area is 115 Å². The molecule has 0 aliphatic rings. The van der Waals surface area contributed by atoms with Crippen molar-refractivity contribution < 1.29 is 9.90 Å². The molecule has 0 aliphatic heterocycles. The van der Waals surface area contributed by atoms with Crippen molar-refractivity contribution in [3.05, 3.63) is 23.8 Å². The van der Waals surface area contributed by atoms with Gasteiger partial charge in [-0.3, -0.25) is 0 Å². The van der Waals surface area contributed by atoms with Gasteiger partial charge in [0.2, 0.25) is 0 Å². The molecule has 0 aromatic heterocycles. The first kappa shape index (κ1) is 15.3. The second-order valence-electron chi connectivity index (χ2n) is 4.88. The van der Waals surface area contributed by atoms with Gasteiger partial charge in [-0.15, -0.1) is 0 Å². The summed E-state index contributed by atoms with van der Waals surface area (Å²) in [5.41, 5.74) is 7.14. The molecular weight excluding hydrogens is 240 g/mol. The van der Waals surface area contributed by atoms with E-state index in [1.54, 1.807) is 12.1 Å². The zero-order valence-corrected chi connectivity index (χ0v) is 12.0. The Bertz CT molecular complexity index is 432. The maximum Gasteiger partial charge on any atom is 0.337 e. The average molecular weight is 264 g/mol. The summed E-state index contributed by atoms with van der Waals surface area (Å²) in [6.45, 7) is 7.39. The molecule has 0 amide bonds. The van der Waals surface area contributed by atoms with Gasteiger partial charge in [-0.2, -0.15) is 0 Å². The van der Waals surface area contributed by atoms with Gasteiger partial charge in [-0.25, -0.2) is 4.79 Å². The number of anilines is 2. The molecule has 1 rings (SSSR count). The van der Waals surface area contributed by atoms with Crippen molar-refractivity contribution in [3.8, 4) is 0 Å². The Kier molecular flexibility index (Phi) is 5.67. The summed E-state index contributed by atoms with van der Waals surface area (Å²) in [5, 5.41) is 9.15. The zero-order chi connectivity index (χ0) is 14.4. The molecule has 19 heavy (non-hydrogen) atoms. The predicted molar refractivity (Wildman–Crippen MR) is 79.8 cm³/mol. The zero-order valence-electron chi connectivity index (χ0n) is 12.0. The Morgan fingerprint density at radius 3 is 2.63 bits per heavy atom. The van der Waals surface area contributed by atoms with Gasteiger partial charge >= 0.3 is 5.97 Å². The molecule has 3 N–H and O–H groups in total. The number of hydrogen-bond donors (Lipinski definition) is 2. The van der Waals surface area contributed by atoms with Gasteiger partial charge in [-0.05, 0) is 38.0 Å². The lowest BCUT2D eigenvalue weighted by atomic mass is 10.1. The van der Waals surface area contributed by atoms with Gasteiger partial charge in [0.1, 0.15) is 0 Å². The molecule has 1 unspecified atom stereocenters. The second-order valence-corrected chi connectivity index (χ2v) is 4.88. The Morgan fingerprint density at radius 1 is 1.42 bits per heavy atom. The van der Waals surface area contributed by atoms with E-state index in [2.05, 4.69) is 25.7 Å². The fourth-order valence-corrected chi connectivity index (χ4v) is 2.06. The molecule has 0 bridgehead atoms. The minimum absolute atomic E-state index is 0.183. The minimum atomic E-state index is -0.973. The molecule has 1 aromatic carbocycles. The third-order valence-electron chi connectivity index (χ3n) is 3.47. The Balaban J connectivity index is 3.07. The van der Waals surface area contributed by atoms with E-state index in [4.69, 9.17) is 10.8 Å². The number of unbranched alkanes of at least 4 members (excludes halogenated alkanes) is 1. The van der Waals surface area contributed by atoms with Crippen molar-refractivity contribution in [2.75, 3.05) is 17.2 Å². The summed E-state index contributed by atoms with van der Waals surface area (Å²) in [5.74, 6) is -0.973. The molecule has 0 radical (unpaired) electrons. The number of nitrogens with two attached hydrogens (primary N) is 1. The first-order valence-electron chi connectivity index (χ1n) is 6.90. The summed E-state index contributed by atoms with van der Waals surface area (Å²) in [7, 11) is 0. The number of carboxylic acids is 1. The number of nitrogen functional groups attached to an aromatic ring is 1. The van der Waals surface area contributed by atoms with Crippen LogP contribution in [0.2, 0.25) is 0 Å². The monoisotopic (exact) mass is 264 g/mol. The van der Waals surface area contributed by atoms with E-state index in [1.165, 1.54) is 0 Å². The highest BCUT2D eigenvalue weighted by Gasteiger charge is 2.16. The molecule has 0 spiro atoms. The van der Waals surface area contributed by atoms with E-state index in [1.807, 2.05) is 6.07 Å². The molecule has 0 aliphatic carbocycles. The third-order valence-corrected chi connectivity index (χ3v) is 3.47. The average Bonchev–Trinajstić information content (AvgIpc) is 2.40. The fraction of sp³-hybridized carbons (Fsp3) is 0.533. The fourth-order valence-electron chi connectivity index (χ4n) is 2.06. The number of hydrogen-bond acceptors (Lipinski definition) is 3. The first-order chi connectivity index (χ1) is 9.01. The first-order valence-corrected chi connectivity index (χ1v) is 6.90. The maximum atomic E-state index is 11.2. The molecule has 0 heterocycles. The molecule has 0 saturated carbocycles. The second kappa shape index (κ2) is 7.02. The van der Waals surface area contributed by atoms with Crippen LogP contribution in [-0.2, 0) is 0 Å². The predicted octanol–water partition coefficient (Wildman–Crippen LogP) is 3.37. The number of rotatable bonds is 7. The van der Waals surface area contributed by atoms with Gasteiger partial charge in [0, 0.05) is 24.0 Å². The number of carboxylic acid groups (broad SMARTS) is 1. The topological polar surface area (TPSA) is 66.6 Å². The number of aromatic carboxylic acids is 1. The highest BCUT2D eigenvalue weighted by molar-refractivity contribution is 5.94. The lowest BCUT2D eigenvalue weighted by Crippen LogP contribution is -2.33. The third kappa shape index (κ3) is 3.88. The lowest BCUT2D eigenvalue weighted by molar-refractivity contribution is 0.0698. The van der Waals surface area contributed by atoms with Gasteiger partial charge in [0.25, 0.3) is 0 Å². The van der Waals surface area contributed by atoms with Crippen LogP contribution in [0.4, 0.5) is 11.4 Å². The summed E-state index contributed by atoms with van der Waals surface area (Å²) in [4.78, 5) is 13.4. The van der Waals surface area contributed by atoms with E-state index in [-0.39, 0.29) is 5.56 Å². The van der Waals surface area contributed by atoms with Crippen LogP contribution in [-0.4, -0.2) is 23.7 Å². The summed E-state index contributed by atoms with van der Waals surface area (Å²) in [6, 6.07) is 5.65. The summed E-state index contributed by atoms with van der Waals surface area (Å²) >= 11 is 0. The van der Waals surface area contributed by atoms with Crippen LogP contribution in [0.15, 0.2) is 18.2 Å². The van der Waals surface area contributed by atoms with Crippen molar-refractivity contribution in [1.82, 2.24) is 0 Å².